The predicted octanol–water partition coefficient (Wildman–Crippen LogP) is 3.80. The molecular weight excluding hydrogens is 463 g/mol. The number of carbonyl (C=O) groups is 3. The van der Waals surface area contributed by atoms with Crippen molar-refractivity contribution in [3.05, 3.63) is 64.7 Å². The average molecular weight is 489 g/mol. The van der Waals surface area contributed by atoms with Gasteiger partial charge in [0.15, 0.2) is 0 Å². The molecule has 2 aliphatic rings. The minimum atomic E-state index is -4.90. The number of halogens is 3. The van der Waals surface area contributed by atoms with Crippen LogP contribution in [0.5, 0.6) is 0 Å². The summed E-state index contributed by atoms with van der Waals surface area (Å²) in [4.78, 5) is 39.1. The van der Waals surface area contributed by atoms with Crippen LogP contribution in [0.4, 0.5) is 23.7 Å². The van der Waals surface area contributed by atoms with Crippen molar-refractivity contribution in [2.45, 2.75) is 37.9 Å². The number of rotatable bonds is 4. The van der Waals surface area contributed by atoms with Crippen LogP contribution in [0.2, 0.25) is 0 Å². The van der Waals surface area contributed by atoms with Crippen molar-refractivity contribution in [3.8, 4) is 0 Å². The number of fused-ring (bicyclic) bond motifs is 1. The second kappa shape index (κ2) is 9.24. The number of amides is 3. The van der Waals surface area contributed by atoms with Gasteiger partial charge in [0.1, 0.15) is 0 Å². The molecule has 1 atom stereocenters. The third-order valence-corrected chi connectivity index (χ3v) is 6.87. The van der Waals surface area contributed by atoms with Gasteiger partial charge in [0, 0.05) is 25.3 Å². The monoisotopic (exact) mass is 489 g/mol. The normalized spacial score (nSPS) is 20.2. The van der Waals surface area contributed by atoms with E-state index in [1.54, 1.807) is 35.2 Å². The van der Waals surface area contributed by atoms with E-state index in [0.29, 0.717) is 30.6 Å². The zero-order valence-corrected chi connectivity index (χ0v) is 19.4. The van der Waals surface area contributed by atoms with Crippen molar-refractivity contribution in [3.63, 3.8) is 0 Å². The fourth-order valence-electron chi connectivity index (χ4n) is 4.92. The lowest BCUT2D eigenvalue weighted by Crippen LogP contribution is -2.44. The van der Waals surface area contributed by atoms with E-state index >= 15 is 0 Å². The van der Waals surface area contributed by atoms with Crippen molar-refractivity contribution in [2.24, 2.45) is 0 Å². The zero-order valence-electron chi connectivity index (χ0n) is 19.4. The first-order valence-corrected chi connectivity index (χ1v) is 11.4. The van der Waals surface area contributed by atoms with Gasteiger partial charge in [0.05, 0.1) is 18.2 Å². The van der Waals surface area contributed by atoms with Crippen LogP contribution in [0.3, 0.4) is 0 Å². The quantitative estimate of drug-likeness (QED) is 0.663. The van der Waals surface area contributed by atoms with Gasteiger partial charge in [0.2, 0.25) is 0 Å². The Hall–Kier alpha value is -3.56. The maximum atomic E-state index is 13.0. The van der Waals surface area contributed by atoms with Gasteiger partial charge in [-0.3, -0.25) is 9.69 Å². The summed E-state index contributed by atoms with van der Waals surface area (Å²) in [5.41, 5.74) is 2.80. The van der Waals surface area contributed by atoms with Crippen molar-refractivity contribution in [2.75, 3.05) is 31.6 Å². The maximum absolute atomic E-state index is 13.0. The van der Waals surface area contributed by atoms with E-state index in [0.717, 1.165) is 21.6 Å². The Labute approximate surface area is 200 Å². The van der Waals surface area contributed by atoms with Crippen LogP contribution in [0.1, 0.15) is 40.4 Å². The molecule has 0 aromatic heterocycles. The highest BCUT2D eigenvalue weighted by atomic mass is 19.4. The summed E-state index contributed by atoms with van der Waals surface area (Å²) >= 11 is 0. The second-order valence-electron chi connectivity index (χ2n) is 8.69. The molecule has 1 unspecified atom stereocenters. The van der Waals surface area contributed by atoms with Crippen molar-refractivity contribution in [1.29, 1.82) is 0 Å². The Balaban J connectivity index is 1.65. The van der Waals surface area contributed by atoms with Crippen LogP contribution in [0.15, 0.2) is 42.5 Å². The lowest BCUT2D eigenvalue weighted by molar-refractivity contribution is -0.185. The van der Waals surface area contributed by atoms with Crippen LogP contribution in [0, 0.1) is 0 Å². The molecule has 3 amide bonds. The Morgan fingerprint density at radius 3 is 2.31 bits per heavy atom. The smallest absolute Gasteiger partial charge is 0.465 e. The minimum absolute atomic E-state index is 0.0136. The molecule has 2 aromatic rings. The number of anilines is 1. The maximum Gasteiger partial charge on any atom is 0.471 e. The molecule has 186 valence electrons. The molecule has 1 N–H and O–H groups in total. The molecule has 2 aliphatic heterocycles. The van der Waals surface area contributed by atoms with E-state index in [1.807, 2.05) is 19.1 Å². The van der Waals surface area contributed by atoms with E-state index in [-0.39, 0.29) is 25.5 Å². The average Bonchev–Trinajstić information content (AvgIpc) is 3.05. The fourth-order valence-corrected chi connectivity index (χ4v) is 4.92. The molecule has 0 spiro atoms. The van der Waals surface area contributed by atoms with Gasteiger partial charge in [-0.2, -0.15) is 13.2 Å². The van der Waals surface area contributed by atoms with Crippen LogP contribution in [-0.4, -0.2) is 55.7 Å². The summed E-state index contributed by atoms with van der Waals surface area (Å²) in [5, 5.41) is 2.91. The summed E-state index contributed by atoms with van der Waals surface area (Å²) in [5.74, 6) is -2.28. The largest absolute Gasteiger partial charge is 0.471 e. The molecule has 2 aromatic carbocycles. The number of nitrogens with zero attached hydrogens (tertiary/aromatic N) is 2. The Morgan fingerprint density at radius 2 is 1.71 bits per heavy atom. The SMILES string of the molecule is CCC1(c2ccc(C(=O)OC)cc2)CNC(=O)N1c1ccc2c(c1)CCN(C(=O)C(F)(F)F)CC2. The van der Waals surface area contributed by atoms with E-state index in [4.69, 9.17) is 4.74 Å². The second-order valence-corrected chi connectivity index (χ2v) is 8.69. The Kier molecular flexibility index (Phi) is 6.48. The standard InChI is InChI=1S/C25H26F3N3O4/c1-3-24(19-7-4-17(5-8-19)21(32)35-2)15-29-23(34)31(24)20-9-6-16-10-12-30(13-11-18(16)14-20)22(33)25(26,27)28/h4-9,14H,3,10-13,15H2,1-2H3,(H,29,34). The molecule has 4 rings (SSSR count). The summed E-state index contributed by atoms with van der Waals surface area (Å²) in [6.45, 7) is 2.26. The van der Waals surface area contributed by atoms with E-state index in [2.05, 4.69) is 5.32 Å². The van der Waals surface area contributed by atoms with E-state index < -0.39 is 23.6 Å². The van der Waals surface area contributed by atoms with Gasteiger partial charge in [-0.1, -0.05) is 25.1 Å². The zero-order chi connectivity index (χ0) is 25.4. The highest BCUT2D eigenvalue weighted by Gasteiger charge is 2.47. The lowest BCUT2D eigenvalue weighted by Gasteiger charge is -2.37. The number of nitrogens with one attached hydrogen (secondary N) is 1. The number of hydrogen-bond donors (Lipinski definition) is 1. The molecule has 2 heterocycles. The number of alkyl halides is 3. The first-order chi connectivity index (χ1) is 16.6. The van der Waals surface area contributed by atoms with Crippen LogP contribution in [-0.2, 0) is 27.9 Å². The summed E-state index contributed by atoms with van der Waals surface area (Å²) in [7, 11) is 1.31. The Morgan fingerprint density at radius 1 is 1.06 bits per heavy atom. The summed E-state index contributed by atoms with van der Waals surface area (Å²) in [6, 6.07) is 12.1. The molecule has 0 aliphatic carbocycles. The molecule has 10 heteroatoms. The number of urea groups is 1. The van der Waals surface area contributed by atoms with Crippen LogP contribution < -0.4 is 10.2 Å². The molecule has 7 nitrogen and oxygen atoms in total. The Bertz CT molecular complexity index is 1150. The van der Waals surface area contributed by atoms with Gasteiger partial charge in [-0.15, -0.1) is 0 Å². The molecule has 0 bridgehead atoms. The third-order valence-electron chi connectivity index (χ3n) is 6.87. The number of ether oxygens (including phenoxy) is 1. The van der Waals surface area contributed by atoms with Gasteiger partial charge in [-0.05, 0) is 60.2 Å². The number of benzene rings is 2. The molecule has 1 saturated heterocycles. The summed E-state index contributed by atoms with van der Waals surface area (Å²) in [6.07, 6.45) is -3.77. The molecule has 0 saturated carbocycles. The van der Waals surface area contributed by atoms with Crippen LogP contribution >= 0.6 is 0 Å². The number of hydrogen-bond acceptors (Lipinski definition) is 4. The van der Waals surface area contributed by atoms with Crippen molar-refractivity contribution in [1.82, 2.24) is 10.2 Å². The summed E-state index contributed by atoms with van der Waals surface area (Å²) < 4.78 is 43.5. The van der Waals surface area contributed by atoms with Gasteiger partial charge in [-0.25, -0.2) is 9.59 Å². The predicted molar refractivity (Wildman–Crippen MR) is 122 cm³/mol. The molecule has 1 fully saturated rings. The van der Waals surface area contributed by atoms with Gasteiger partial charge >= 0.3 is 24.1 Å². The molecular formula is C25H26F3N3O4. The van der Waals surface area contributed by atoms with Crippen molar-refractivity contribution < 1.29 is 32.3 Å². The highest BCUT2D eigenvalue weighted by Crippen LogP contribution is 2.40. The first-order valence-electron chi connectivity index (χ1n) is 11.4. The molecule has 35 heavy (non-hydrogen) atoms. The van der Waals surface area contributed by atoms with Crippen LogP contribution in [0.25, 0.3) is 0 Å². The van der Waals surface area contributed by atoms with E-state index in [1.165, 1.54) is 7.11 Å². The minimum Gasteiger partial charge on any atom is -0.465 e. The fraction of sp³-hybridized carbons (Fsp3) is 0.400. The van der Waals surface area contributed by atoms with E-state index in [9.17, 15) is 27.6 Å². The number of methoxy groups -OCH3 is 1. The lowest BCUT2D eigenvalue weighted by atomic mass is 9.85. The number of esters is 1. The molecule has 0 radical (unpaired) electrons. The number of carbonyl (C=O) groups excluding carboxylic acids is 3. The highest BCUT2D eigenvalue weighted by molar-refractivity contribution is 5.97. The topological polar surface area (TPSA) is 79.0 Å². The van der Waals surface area contributed by atoms with Gasteiger partial charge in [0.25, 0.3) is 0 Å². The third kappa shape index (κ3) is 4.44. The van der Waals surface area contributed by atoms with Gasteiger partial charge < -0.3 is 15.0 Å². The van der Waals surface area contributed by atoms with Crippen molar-refractivity contribution >= 4 is 23.6 Å². The first kappa shape index (κ1) is 24.6.